The van der Waals surface area contributed by atoms with E-state index in [-0.39, 0.29) is 18.1 Å². The highest BCUT2D eigenvalue weighted by Gasteiger charge is 2.32. The maximum Gasteiger partial charge on any atom is 0.417 e. The molecule has 0 fully saturated rings. The molecule has 1 aromatic carbocycles. The molecule has 3 aromatic rings. The van der Waals surface area contributed by atoms with Gasteiger partial charge in [0, 0.05) is 39.1 Å². The van der Waals surface area contributed by atoms with Crippen LogP contribution in [0.25, 0.3) is 0 Å². The van der Waals surface area contributed by atoms with E-state index in [4.69, 9.17) is 4.74 Å². The summed E-state index contributed by atoms with van der Waals surface area (Å²) < 4.78 is 45.5. The highest BCUT2D eigenvalue weighted by atomic mass is 19.4. The Labute approximate surface area is 197 Å². The zero-order valence-corrected chi connectivity index (χ0v) is 19.0. The Morgan fingerprint density at radius 1 is 1.14 bits per heavy atom. The van der Waals surface area contributed by atoms with Crippen molar-refractivity contribution in [1.29, 1.82) is 0 Å². The fraction of sp³-hybridized carbons (Fsp3) is 0.217. The number of hydrogen-bond donors (Lipinski definition) is 3. The van der Waals surface area contributed by atoms with Gasteiger partial charge in [0.25, 0.3) is 11.5 Å². The van der Waals surface area contributed by atoms with Gasteiger partial charge in [0.05, 0.1) is 5.56 Å². The van der Waals surface area contributed by atoms with Gasteiger partial charge in [-0.15, -0.1) is 0 Å². The molecule has 2 heterocycles. The quantitative estimate of drug-likeness (QED) is 0.490. The Balaban J connectivity index is 1.65. The Morgan fingerprint density at radius 3 is 2.54 bits per heavy atom. The lowest BCUT2D eigenvalue weighted by atomic mass is 10.1. The number of amides is 3. The van der Waals surface area contributed by atoms with E-state index in [9.17, 15) is 27.6 Å². The monoisotopic (exact) mass is 489 g/mol. The van der Waals surface area contributed by atoms with E-state index >= 15 is 0 Å². The van der Waals surface area contributed by atoms with Gasteiger partial charge in [-0.3, -0.25) is 14.6 Å². The van der Waals surface area contributed by atoms with Crippen LogP contribution >= 0.6 is 0 Å². The number of carbonyl (C=O) groups excluding carboxylic acids is 2. The van der Waals surface area contributed by atoms with Gasteiger partial charge in [-0.1, -0.05) is 12.1 Å². The van der Waals surface area contributed by atoms with Crippen LogP contribution in [-0.4, -0.2) is 28.5 Å². The van der Waals surface area contributed by atoms with Gasteiger partial charge in [-0.05, 0) is 36.2 Å². The third kappa shape index (κ3) is 6.37. The number of pyridine rings is 2. The molecule has 9 nitrogen and oxygen atoms in total. The number of urea groups is 1. The first-order chi connectivity index (χ1) is 16.5. The molecule has 12 heteroatoms. The standard InChI is InChI=1S/C23H22F3N5O4/c1-13-8-14(4-5-19(13)35-16-6-7-28-17(10-16)20(32)27-2)11-29-22(34)30-18-9-15(23(24,25)26)12-31(3)21(18)33/h4-10,12H,11H2,1-3H3,(H,27,32)(H2,29,30,34). The fourth-order valence-corrected chi connectivity index (χ4v) is 3.10. The van der Waals surface area contributed by atoms with E-state index in [1.165, 1.54) is 26.4 Å². The highest BCUT2D eigenvalue weighted by molar-refractivity contribution is 5.92. The average molecular weight is 489 g/mol. The van der Waals surface area contributed by atoms with Crippen molar-refractivity contribution < 1.29 is 27.5 Å². The molecule has 3 amide bonds. The molecule has 0 saturated carbocycles. The minimum atomic E-state index is -4.67. The number of carbonyl (C=O) groups is 2. The molecule has 2 aromatic heterocycles. The van der Waals surface area contributed by atoms with Crippen molar-refractivity contribution in [3.05, 3.63) is 81.5 Å². The third-order valence-corrected chi connectivity index (χ3v) is 4.87. The summed E-state index contributed by atoms with van der Waals surface area (Å²) in [5.74, 6) is 0.573. The number of alkyl halides is 3. The zero-order valence-electron chi connectivity index (χ0n) is 19.0. The number of ether oxygens (including phenoxy) is 1. The van der Waals surface area contributed by atoms with Crippen LogP contribution in [0.1, 0.15) is 27.2 Å². The number of rotatable bonds is 6. The van der Waals surface area contributed by atoms with Crippen LogP contribution in [0.2, 0.25) is 0 Å². The van der Waals surface area contributed by atoms with Crippen LogP contribution in [0, 0.1) is 6.92 Å². The maximum atomic E-state index is 13.0. The summed E-state index contributed by atoms with van der Waals surface area (Å²) >= 11 is 0. The van der Waals surface area contributed by atoms with Gasteiger partial charge in [-0.25, -0.2) is 4.79 Å². The molecule has 0 bridgehead atoms. The van der Waals surface area contributed by atoms with Crippen LogP contribution in [0.3, 0.4) is 0 Å². The zero-order chi connectivity index (χ0) is 25.8. The molecule has 35 heavy (non-hydrogen) atoms. The molecule has 0 atom stereocenters. The normalized spacial score (nSPS) is 11.0. The van der Waals surface area contributed by atoms with Crippen molar-refractivity contribution in [1.82, 2.24) is 20.2 Å². The summed E-state index contributed by atoms with van der Waals surface area (Å²) in [6.07, 6.45) is -2.56. The highest BCUT2D eigenvalue weighted by Crippen LogP contribution is 2.29. The van der Waals surface area contributed by atoms with Gasteiger partial charge in [-0.2, -0.15) is 13.2 Å². The molecule has 0 spiro atoms. The van der Waals surface area contributed by atoms with Crippen molar-refractivity contribution in [2.24, 2.45) is 7.05 Å². The van der Waals surface area contributed by atoms with Crippen LogP contribution in [-0.2, 0) is 19.8 Å². The second-order valence-corrected chi connectivity index (χ2v) is 7.52. The summed E-state index contributed by atoms with van der Waals surface area (Å²) in [7, 11) is 2.66. The predicted octanol–water partition coefficient (Wildman–Crippen LogP) is 3.58. The van der Waals surface area contributed by atoms with Crippen molar-refractivity contribution >= 4 is 17.6 Å². The van der Waals surface area contributed by atoms with Gasteiger partial charge in [0.2, 0.25) is 0 Å². The second-order valence-electron chi connectivity index (χ2n) is 7.52. The van der Waals surface area contributed by atoms with Gasteiger partial charge < -0.3 is 25.3 Å². The number of nitrogens with one attached hydrogen (secondary N) is 3. The lowest BCUT2D eigenvalue weighted by Gasteiger charge is -2.13. The van der Waals surface area contributed by atoms with E-state index in [0.717, 1.165) is 10.1 Å². The van der Waals surface area contributed by atoms with Crippen molar-refractivity contribution in [2.75, 3.05) is 12.4 Å². The lowest BCUT2D eigenvalue weighted by Crippen LogP contribution is -2.32. The number of anilines is 1. The van der Waals surface area contributed by atoms with Crippen molar-refractivity contribution in [3.8, 4) is 11.5 Å². The number of aryl methyl sites for hydroxylation is 2. The Morgan fingerprint density at radius 2 is 1.89 bits per heavy atom. The van der Waals surface area contributed by atoms with E-state index in [1.807, 2.05) is 0 Å². The van der Waals surface area contributed by atoms with Crippen LogP contribution in [0.4, 0.5) is 23.7 Å². The van der Waals surface area contributed by atoms with E-state index in [2.05, 4.69) is 20.9 Å². The Bertz CT molecular complexity index is 1320. The van der Waals surface area contributed by atoms with Gasteiger partial charge in [0.1, 0.15) is 22.9 Å². The molecule has 3 rings (SSSR count). The van der Waals surface area contributed by atoms with Crippen LogP contribution in [0.15, 0.2) is 53.6 Å². The first-order valence-corrected chi connectivity index (χ1v) is 10.3. The number of halogens is 3. The van der Waals surface area contributed by atoms with E-state index in [0.29, 0.717) is 29.3 Å². The fourth-order valence-electron chi connectivity index (χ4n) is 3.10. The molecule has 3 N–H and O–H groups in total. The molecule has 0 saturated heterocycles. The van der Waals surface area contributed by atoms with E-state index < -0.39 is 29.0 Å². The number of benzene rings is 1. The summed E-state index contributed by atoms with van der Waals surface area (Å²) in [5, 5.41) is 7.15. The minimum absolute atomic E-state index is 0.0440. The summed E-state index contributed by atoms with van der Waals surface area (Å²) in [5.41, 5.74) is -0.713. The topological polar surface area (TPSA) is 114 Å². The van der Waals surface area contributed by atoms with Crippen molar-refractivity contribution in [2.45, 2.75) is 19.6 Å². The largest absolute Gasteiger partial charge is 0.457 e. The molecule has 184 valence electrons. The average Bonchev–Trinajstić information content (AvgIpc) is 2.81. The SMILES string of the molecule is CNC(=O)c1cc(Oc2ccc(CNC(=O)Nc3cc(C(F)(F)F)cn(C)c3=O)cc2C)ccn1. The molecule has 0 aliphatic heterocycles. The second kappa shape index (κ2) is 10.3. The molecular formula is C23H22F3N5O4. The smallest absolute Gasteiger partial charge is 0.417 e. The lowest BCUT2D eigenvalue weighted by molar-refractivity contribution is -0.138. The Kier molecular flexibility index (Phi) is 7.43. The molecular weight excluding hydrogens is 467 g/mol. The molecule has 0 unspecified atom stereocenters. The number of aromatic nitrogens is 2. The predicted molar refractivity (Wildman–Crippen MR) is 121 cm³/mol. The number of hydrogen-bond acceptors (Lipinski definition) is 5. The molecule has 0 radical (unpaired) electrons. The summed E-state index contributed by atoms with van der Waals surface area (Å²) in [4.78, 5) is 40.0. The maximum absolute atomic E-state index is 13.0. The molecule has 0 aliphatic carbocycles. The van der Waals surface area contributed by atoms with Gasteiger partial charge in [0.15, 0.2) is 0 Å². The summed E-state index contributed by atoms with van der Waals surface area (Å²) in [6, 6.07) is 7.96. The van der Waals surface area contributed by atoms with Gasteiger partial charge >= 0.3 is 12.2 Å². The Hall–Kier alpha value is -4.35. The van der Waals surface area contributed by atoms with Crippen LogP contribution in [0.5, 0.6) is 11.5 Å². The van der Waals surface area contributed by atoms with E-state index in [1.54, 1.807) is 31.2 Å². The first kappa shape index (κ1) is 25.3. The molecule has 0 aliphatic rings. The number of nitrogens with zero attached hydrogens (tertiary/aromatic N) is 2. The third-order valence-electron chi connectivity index (χ3n) is 4.87. The minimum Gasteiger partial charge on any atom is -0.457 e. The van der Waals surface area contributed by atoms with Crippen molar-refractivity contribution in [3.63, 3.8) is 0 Å². The first-order valence-electron chi connectivity index (χ1n) is 10.3. The van der Waals surface area contributed by atoms with Crippen LogP contribution < -0.4 is 26.2 Å². The summed E-state index contributed by atoms with van der Waals surface area (Å²) in [6.45, 7) is 1.83.